The Bertz CT molecular complexity index is 351. The highest BCUT2D eigenvalue weighted by molar-refractivity contribution is 5.83. The Balaban J connectivity index is 1.96. The maximum Gasteiger partial charge on any atom is 0.306 e. The number of hydrogen-bond donors (Lipinski definition) is 1. The SMILES string of the molecule is CC1CC(C(=O)O)CCN1C(=O)C1CC1(C)C. The van der Waals surface area contributed by atoms with Crippen molar-refractivity contribution in [3.63, 3.8) is 0 Å². The minimum atomic E-state index is -0.726. The molecule has 2 fully saturated rings. The topological polar surface area (TPSA) is 57.6 Å². The summed E-state index contributed by atoms with van der Waals surface area (Å²) in [4.78, 5) is 25.1. The number of carboxylic acid groups (broad SMARTS) is 1. The third-order valence-corrected chi connectivity index (χ3v) is 4.32. The standard InChI is InChI=1S/C13H21NO3/c1-8-6-9(12(16)17)4-5-14(8)11(15)10-7-13(10,2)3/h8-10H,4-7H2,1-3H3,(H,16,17). The number of hydrogen-bond acceptors (Lipinski definition) is 2. The van der Waals surface area contributed by atoms with Crippen molar-refractivity contribution in [1.82, 2.24) is 4.90 Å². The highest BCUT2D eigenvalue weighted by Gasteiger charge is 2.52. The van der Waals surface area contributed by atoms with Gasteiger partial charge in [-0.2, -0.15) is 0 Å². The maximum absolute atomic E-state index is 12.2. The summed E-state index contributed by atoms with van der Waals surface area (Å²) in [5.41, 5.74) is 0.153. The fourth-order valence-corrected chi connectivity index (χ4v) is 2.81. The summed E-state index contributed by atoms with van der Waals surface area (Å²) in [6.45, 7) is 6.79. The maximum atomic E-state index is 12.2. The van der Waals surface area contributed by atoms with Gasteiger partial charge in [-0.1, -0.05) is 13.8 Å². The third-order valence-electron chi connectivity index (χ3n) is 4.32. The Labute approximate surface area is 102 Å². The van der Waals surface area contributed by atoms with Crippen LogP contribution in [0.1, 0.15) is 40.0 Å². The van der Waals surface area contributed by atoms with Gasteiger partial charge in [0, 0.05) is 18.5 Å². The summed E-state index contributed by atoms with van der Waals surface area (Å²) in [7, 11) is 0. The largest absolute Gasteiger partial charge is 0.481 e. The monoisotopic (exact) mass is 239 g/mol. The van der Waals surface area contributed by atoms with E-state index in [9.17, 15) is 9.59 Å². The lowest BCUT2D eigenvalue weighted by atomic mass is 9.91. The van der Waals surface area contributed by atoms with E-state index in [1.807, 2.05) is 11.8 Å². The van der Waals surface area contributed by atoms with Gasteiger partial charge < -0.3 is 10.0 Å². The van der Waals surface area contributed by atoms with E-state index in [1.54, 1.807) is 0 Å². The summed E-state index contributed by atoms with van der Waals surface area (Å²) in [6, 6.07) is 0.0637. The molecule has 1 amide bonds. The van der Waals surface area contributed by atoms with Crippen molar-refractivity contribution >= 4 is 11.9 Å². The molecule has 0 radical (unpaired) electrons. The molecule has 17 heavy (non-hydrogen) atoms. The number of likely N-dealkylation sites (tertiary alicyclic amines) is 1. The molecule has 1 saturated carbocycles. The molecular formula is C13H21NO3. The predicted octanol–water partition coefficient (Wildman–Crippen LogP) is 1.74. The molecule has 3 atom stereocenters. The first kappa shape index (κ1) is 12.4. The van der Waals surface area contributed by atoms with E-state index < -0.39 is 5.97 Å². The lowest BCUT2D eigenvalue weighted by Gasteiger charge is -2.36. The van der Waals surface area contributed by atoms with Crippen molar-refractivity contribution in [2.45, 2.75) is 46.1 Å². The van der Waals surface area contributed by atoms with Crippen LogP contribution in [-0.4, -0.2) is 34.5 Å². The highest BCUT2D eigenvalue weighted by Crippen LogP contribution is 2.52. The first-order chi connectivity index (χ1) is 7.83. The Morgan fingerprint density at radius 1 is 1.35 bits per heavy atom. The van der Waals surface area contributed by atoms with Gasteiger partial charge in [-0.05, 0) is 31.6 Å². The molecule has 1 N–H and O–H groups in total. The molecule has 1 aliphatic heterocycles. The molecular weight excluding hydrogens is 218 g/mol. The zero-order valence-electron chi connectivity index (χ0n) is 10.8. The minimum Gasteiger partial charge on any atom is -0.481 e. The van der Waals surface area contributed by atoms with Gasteiger partial charge in [0.25, 0.3) is 0 Å². The van der Waals surface area contributed by atoms with Gasteiger partial charge in [-0.25, -0.2) is 0 Å². The molecule has 3 unspecified atom stereocenters. The average Bonchev–Trinajstić information content (AvgIpc) is 2.86. The fraction of sp³-hybridized carbons (Fsp3) is 0.846. The fourth-order valence-electron chi connectivity index (χ4n) is 2.81. The molecule has 0 bridgehead atoms. The second-order valence-corrected chi connectivity index (χ2v) is 6.19. The molecule has 4 heteroatoms. The van der Waals surface area contributed by atoms with Crippen molar-refractivity contribution < 1.29 is 14.7 Å². The van der Waals surface area contributed by atoms with E-state index in [1.165, 1.54) is 0 Å². The molecule has 0 spiro atoms. The van der Waals surface area contributed by atoms with Crippen LogP contribution in [0.25, 0.3) is 0 Å². The number of amides is 1. The van der Waals surface area contributed by atoms with Crippen LogP contribution in [0.3, 0.4) is 0 Å². The van der Waals surface area contributed by atoms with Crippen molar-refractivity contribution in [1.29, 1.82) is 0 Å². The van der Waals surface area contributed by atoms with Gasteiger partial charge in [0.05, 0.1) is 5.92 Å². The van der Waals surface area contributed by atoms with Crippen molar-refractivity contribution in [2.75, 3.05) is 6.54 Å². The molecule has 0 aromatic heterocycles. The van der Waals surface area contributed by atoms with Gasteiger partial charge in [0.1, 0.15) is 0 Å². The molecule has 2 aliphatic rings. The quantitative estimate of drug-likeness (QED) is 0.798. The molecule has 2 rings (SSSR count). The summed E-state index contributed by atoms with van der Waals surface area (Å²) in [5.74, 6) is -0.616. The van der Waals surface area contributed by atoms with Crippen LogP contribution < -0.4 is 0 Å². The van der Waals surface area contributed by atoms with Crippen LogP contribution >= 0.6 is 0 Å². The third kappa shape index (κ3) is 2.31. The second-order valence-electron chi connectivity index (χ2n) is 6.19. The zero-order chi connectivity index (χ0) is 12.8. The first-order valence-electron chi connectivity index (χ1n) is 6.36. The van der Waals surface area contributed by atoms with E-state index in [4.69, 9.17) is 5.11 Å². The van der Waals surface area contributed by atoms with Crippen LogP contribution in [0.5, 0.6) is 0 Å². The lowest BCUT2D eigenvalue weighted by Crippen LogP contribution is -2.47. The van der Waals surface area contributed by atoms with Gasteiger partial charge in [0.15, 0.2) is 0 Å². The van der Waals surface area contributed by atoms with Gasteiger partial charge >= 0.3 is 5.97 Å². The number of carboxylic acids is 1. The molecule has 1 aliphatic carbocycles. The summed E-state index contributed by atoms with van der Waals surface area (Å²) >= 11 is 0. The summed E-state index contributed by atoms with van der Waals surface area (Å²) in [5, 5.41) is 8.98. The number of carbonyl (C=O) groups is 2. The van der Waals surface area contributed by atoms with Gasteiger partial charge in [0.2, 0.25) is 5.91 Å². The van der Waals surface area contributed by atoms with Crippen molar-refractivity contribution in [3.05, 3.63) is 0 Å². The smallest absolute Gasteiger partial charge is 0.306 e. The Morgan fingerprint density at radius 2 is 1.94 bits per heavy atom. The average molecular weight is 239 g/mol. The molecule has 4 nitrogen and oxygen atoms in total. The van der Waals surface area contributed by atoms with E-state index in [0.717, 1.165) is 6.42 Å². The van der Waals surface area contributed by atoms with Crippen LogP contribution in [0.2, 0.25) is 0 Å². The Hall–Kier alpha value is -1.06. The molecule has 1 heterocycles. The van der Waals surface area contributed by atoms with E-state index in [2.05, 4.69) is 13.8 Å². The van der Waals surface area contributed by atoms with Crippen LogP contribution in [0, 0.1) is 17.3 Å². The van der Waals surface area contributed by atoms with E-state index in [0.29, 0.717) is 19.4 Å². The van der Waals surface area contributed by atoms with E-state index >= 15 is 0 Å². The number of piperidine rings is 1. The normalized spacial score (nSPS) is 35.5. The predicted molar refractivity (Wildman–Crippen MR) is 63.4 cm³/mol. The van der Waals surface area contributed by atoms with Gasteiger partial charge in [-0.3, -0.25) is 9.59 Å². The molecule has 0 aromatic carbocycles. The lowest BCUT2D eigenvalue weighted by molar-refractivity contribution is -0.148. The first-order valence-corrected chi connectivity index (χ1v) is 6.36. The molecule has 0 aromatic rings. The van der Waals surface area contributed by atoms with E-state index in [-0.39, 0.29) is 29.2 Å². The zero-order valence-corrected chi connectivity index (χ0v) is 10.8. The second kappa shape index (κ2) is 4.00. The minimum absolute atomic E-state index is 0.0637. The Kier molecular flexibility index (Phi) is 2.92. The van der Waals surface area contributed by atoms with Crippen molar-refractivity contribution in [2.24, 2.45) is 17.3 Å². The Morgan fingerprint density at radius 3 is 2.35 bits per heavy atom. The summed E-state index contributed by atoms with van der Waals surface area (Å²) < 4.78 is 0. The van der Waals surface area contributed by atoms with Crippen LogP contribution in [0.4, 0.5) is 0 Å². The van der Waals surface area contributed by atoms with Crippen LogP contribution in [0.15, 0.2) is 0 Å². The molecule has 96 valence electrons. The number of carbonyl (C=O) groups excluding carboxylic acids is 1. The number of nitrogens with zero attached hydrogens (tertiary/aromatic N) is 1. The highest BCUT2D eigenvalue weighted by atomic mass is 16.4. The molecule has 1 saturated heterocycles. The number of aliphatic carboxylic acids is 1. The summed E-state index contributed by atoms with van der Waals surface area (Å²) in [6.07, 6.45) is 2.16. The van der Waals surface area contributed by atoms with Crippen molar-refractivity contribution in [3.8, 4) is 0 Å². The van der Waals surface area contributed by atoms with Crippen LogP contribution in [-0.2, 0) is 9.59 Å². The number of rotatable bonds is 2. The van der Waals surface area contributed by atoms with Gasteiger partial charge in [-0.15, -0.1) is 0 Å².